The summed E-state index contributed by atoms with van der Waals surface area (Å²) in [7, 11) is 0. The Morgan fingerprint density at radius 2 is 1.85 bits per heavy atom. The molecule has 0 saturated heterocycles. The summed E-state index contributed by atoms with van der Waals surface area (Å²) < 4.78 is 5.70. The lowest BCUT2D eigenvalue weighted by molar-refractivity contribution is 0.0690. The molecule has 0 aliphatic heterocycles. The van der Waals surface area contributed by atoms with Gasteiger partial charge in [-0.1, -0.05) is 32.9 Å². The lowest BCUT2D eigenvalue weighted by Gasteiger charge is -2.19. The van der Waals surface area contributed by atoms with Crippen molar-refractivity contribution in [2.45, 2.75) is 26.2 Å². The average molecular weight is 271 g/mol. The second-order valence-corrected chi connectivity index (χ2v) is 5.56. The van der Waals surface area contributed by atoms with Crippen molar-refractivity contribution in [2.24, 2.45) is 0 Å². The number of nitrogens with zero attached hydrogens (tertiary/aromatic N) is 1. The van der Waals surface area contributed by atoms with Gasteiger partial charge in [0.05, 0.1) is 0 Å². The molecule has 0 amide bonds. The minimum Gasteiger partial charge on any atom is -0.477 e. The van der Waals surface area contributed by atoms with Crippen LogP contribution >= 0.6 is 0 Å². The number of ether oxygens (including phenoxy) is 1. The number of aromatic nitrogens is 1. The van der Waals surface area contributed by atoms with Crippen molar-refractivity contribution in [3.63, 3.8) is 0 Å². The highest BCUT2D eigenvalue weighted by Crippen LogP contribution is 2.28. The van der Waals surface area contributed by atoms with Crippen molar-refractivity contribution in [3.05, 3.63) is 53.9 Å². The molecule has 0 bridgehead atoms. The van der Waals surface area contributed by atoms with Crippen LogP contribution in [0, 0.1) is 0 Å². The Balaban J connectivity index is 2.26. The summed E-state index contributed by atoms with van der Waals surface area (Å²) in [5.41, 5.74) is 1.15. The summed E-state index contributed by atoms with van der Waals surface area (Å²) in [4.78, 5) is 14.6. The van der Waals surface area contributed by atoms with Crippen LogP contribution in [0.5, 0.6) is 11.5 Å². The van der Waals surface area contributed by atoms with E-state index in [0.717, 1.165) is 5.56 Å². The Kier molecular flexibility index (Phi) is 3.74. The molecule has 0 saturated carbocycles. The molecule has 1 N–H and O–H groups in total. The van der Waals surface area contributed by atoms with Gasteiger partial charge in [0.1, 0.15) is 11.5 Å². The molecule has 2 rings (SSSR count). The summed E-state index contributed by atoms with van der Waals surface area (Å²) in [6, 6.07) is 10.8. The molecule has 1 aromatic heterocycles. The zero-order valence-electron chi connectivity index (χ0n) is 11.8. The number of carboxylic acid groups (broad SMARTS) is 1. The van der Waals surface area contributed by atoms with Gasteiger partial charge in [0.2, 0.25) is 0 Å². The Morgan fingerprint density at radius 1 is 1.15 bits per heavy atom. The Morgan fingerprint density at radius 3 is 2.50 bits per heavy atom. The van der Waals surface area contributed by atoms with Gasteiger partial charge in [-0.15, -0.1) is 0 Å². The molecule has 104 valence electrons. The van der Waals surface area contributed by atoms with E-state index in [1.54, 1.807) is 6.07 Å². The van der Waals surface area contributed by atoms with Crippen molar-refractivity contribution in [3.8, 4) is 11.5 Å². The average Bonchev–Trinajstić information content (AvgIpc) is 2.38. The van der Waals surface area contributed by atoms with Gasteiger partial charge in [-0.05, 0) is 29.2 Å². The Bertz CT molecular complexity index is 630. The minimum absolute atomic E-state index is 0.0316. The van der Waals surface area contributed by atoms with Gasteiger partial charge in [0.25, 0.3) is 0 Å². The van der Waals surface area contributed by atoms with E-state index in [9.17, 15) is 4.79 Å². The maximum atomic E-state index is 10.9. The van der Waals surface area contributed by atoms with Gasteiger partial charge < -0.3 is 9.84 Å². The third-order valence-corrected chi connectivity index (χ3v) is 2.89. The summed E-state index contributed by atoms with van der Waals surface area (Å²) in [5, 5.41) is 8.91. The minimum atomic E-state index is -1.07. The second-order valence-electron chi connectivity index (χ2n) is 5.56. The normalized spacial score (nSPS) is 11.2. The first-order valence-electron chi connectivity index (χ1n) is 6.34. The maximum Gasteiger partial charge on any atom is 0.354 e. The first-order chi connectivity index (χ1) is 9.36. The molecule has 4 heteroatoms. The van der Waals surface area contributed by atoms with Gasteiger partial charge in [0.15, 0.2) is 5.69 Å². The van der Waals surface area contributed by atoms with Gasteiger partial charge in [0, 0.05) is 12.3 Å². The largest absolute Gasteiger partial charge is 0.477 e. The van der Waals surface area contributed by atoms with Crippen molar-refractivity contribution in [1.29, 1.82) is 0 Å². The molecular formula is C16H17NO3. The summed E-state index contributed by atoms with van der Waals surface area (Å²) in [5.74, 6) is 0.0716. The Hall–Kier alpha value is -2.36. The molecule has 0 fully saturated rings. The van der Waals surface area contributed by atoms with Gasteiger partial charge in [-0.25, -0.2) is 9.78 Å². The zero-order chi connectivity index (χ0) is 14.8. The molecule has 0 spiro atoms. The highest BCUT2D eigenvalue weighted by atomic mass is 16.5. The standard InChI is InChI=1S/C16H17NO3/c1-16(2,3)11-5-4-6-12(9-11)20-13-7-8-17-14(10-13)15(18)19/h4-10H,1-3H3,(H,18,19). The first-order valence-corrected chi connectivity index (χ1v) is 6.34. The highest BCUT2D eigenvalue weighted by Gasteiger charge is 2.14. The number of hydrogen-bond donors (Lipinski definition) is 1. The fourth-order valence-corrected chi connectivity index (χ4v) is 1.75. The zero-order valence-corrected chi connectivity index (χ0v) is 11.8. The van der Waals surface area contributed by atoms with Gasteiger partial charge >= 0.3 is 5.97 Å². The van der Waals surface area contributed by atoms with Crippen LogP contribution in [-0.2, 0) is 5.41 Å². The van der Waals surface area contributed by atoms with Crippen molar-refractivity contribution in [1.82, 2.24) is 4.98 Å². The molecule has 0 aliphatic carbocycles. The summed E-state index contributed by atoms with van der Waals surface area (Å²) in [6.07, 6.45) is 1.42. The Labute approximate surface area is 118 Å². The molecule has 1 aromatic carbocycles. The predicted molar refractivity (Wildman–Crippen MR) is 76.4 cm³/mol. The van der Waals surface area contributed by atoms with Crippen LogP contribution in [0.3, 0.4) is 0 Å². The number of rotatable bonds is 3. The number of benzene rings is 1. The lowest BCUT2D eigenvalue weighted by atomic mass is 9.87. The smallest absolute Gasteiger partial charge is 0.354 e. The van der Waals surface area contributed by atoms with Crippen LogP contribution in [-0.4, -0.2) is 16.1 Å². The van der Waals surface area contributed by atoms with E-state index in [-0.39, 0.29) is 11.1 Å². The molecule has 0 atom stereocenters. The number of aromatic carboxylic acids is 1. The molecule has 20 heavy (non-hydrogen) atoms. The van der Waals surface area contributed by atoms with Crippen molar-refractivity contribution in [2.75, 3.05) is 0 Å². The molecular weight excluding hydrogens is 254 g/mol. The van der Waals surface area contributed by atoms with Crippen LogP contribution in [0.25, 0.3) is 0 Å². The fourth-order valence-electron chi connectivity index (χ4n) is 1.75. The van der Waals surface area contributed by atoms with Crippen LogP contribution in [0.15, 0.2) is 42.6 Å². The van der Waals surface area contributed by atoms with E-state index in [0.29, 0.717) is 11.5 Å². The van der Waals surface area contributed by atoms with Crippen molar-refractivity contribution < 1.29 is 14.6 Å². The first kappa shape index (κ1) is 14.1. The van der Waals surface area contributed by atoms with Crippen LogP contribution in [0.2, 0.25) is 0 Å². The number of pyridine rings is 1. The molecule has 2 aromatic rings. The SMILES string of the molecule is CC(C)(C)c1cccc(Oc2ccnc(C(=O)O)c2)c1. The van der Waals surface area contributed by atoms with Gasteiger partial charge in [-0.2, -0.15) is 0 Å². The van der Waals surface area contributed by atoms with Crippen LogP contribution in [0.4, 0.5) is 0 Å². The van der Waals surface area contributed by atoms with Crippen molar-refractivity contribution >= 4 is 5.97 Å². The fraction of sp³-hybridized carbons (Fsp3) is 0.250. The van der Waals surface area contributed by atoms with Gasteiger partial charge in [-0.3, -0.25) is 0 Å². The number of carbonyl (C=O) groups is 1. The van der Waals surface area contributed by atoms with Crippen LogP contribution in [0.1, 0.15) is 36.8 Å². The third-order valence-electron chi connectivity index (χ3n) is 2.89. The number of carboxylic acids is 1. The molecule has 4 nitrogen and oxygen atoms in total. The molecule has 0 radical (unpaired) electrons. The van der Waals surface area contributed by atoms with E-state index < -0.39 is 5.97 Å². The second kappa shape index (κ2) is 5.33. The monoisotopic (exact) mass is 271 g/mol. The predicted octanol–water partition coefficient (Wildman–Crippen LogP) is 3.87. The van der Waals surface area contributed by atoms with E-state index in [1.807, 2.05) is 24.3 Å². The van der Waals surface area contributed by atoms with E-state index in [2.05, 4.69) is 25.8 Å². The summed E-state index contributed by atoms with van der Waals surface area (Å²) >= 11 is 0. The maximum absolute atomic E-state index is 10.9. The topological polar surface area (TPSA) is 59.4 Å². The van der Waals surface area contributed by atoms with E-state index in [1.165, 1.54) is 12.3 Å². The quantitative estimate of drug-likeness (QED) is 0.920. The lowest BCUT2D eigenvalue weighted by Crippen LogP contribution is -2.10. The highest BCUT2D eigenvalue weighted by molar-refractivity contribution is 5.85. The molecule has 1 heterocycles. The molecule has 0 aliphatic rings. The third kappa shape index (κ3) is 3.35. The van der Waals surface area contributed by atoms with E-state index >= 15 is 0 Å². The van der Waals surface area contributed by atoms with Crippen LogP contribution < -0.4 is 4.74 Å². The summed E-state index contributed by atoms with van der Waals surface area (Å²) in [6.45, 7) is 6.38. The number of hydrogen-bond acceptors (Lipinski definition) is 3. The molecule has 0 unspecified atom stereocenters. The van der Waals surface area contributed by atoms with E-state index in [4.69, 9.17) is 9.84 Å².